The number of aliphatic hydroxyl groups excluding tert-OH is 2. The van der Waals surface area contributed by atoms with E-state index < -0.39 is 5.60 Å². The van der Waals surface area contributed by atoms with E-state index in [1.807, 2.05) is 54.6 Å². The first-order chi connectivity index (χ1) is 14.0. The monoisotopic (exact) mass is 392 g/mol. The number of hydrogen-bond acceptors (Lipinski definition) is 5. The van der Waals surface area contributed by atoms with E-state index in [-0.39, 0.29) is 19.0 Å². The molecule has 1 fully saturated rings. The van der Waals surface area contributed by atoms with Crippen molar-refractivity contribution in [3.05, 3.63) is 71.4 Å². The maximum atomic E-state index is 11.6. The van der Waals surface area contributed by atoms with Gasteiger partial charge in [-0.3, -0.25) is 4.79 Å². The Kier molecular flexibility index (Phi) is 5.32. The van der Waals surface area contributed by atoms with E-state index >= 15 is 0 Å². The first-order valence-electron chi connectivity index (χ1n) is 9.77. The molecule has 6 nitrogen and oxygen atoms in total. The second-order valence-electron chi connectivity index (χ2n) is 7.58. The quantitative estimate of drug-likeness (QED) is 0.621. The zero-order chi connectivity index (χ0) is 20.4. The van der Waals surface area contributed by atoms with Crippen molar-refractivity contribution in [1.82, 2.24) is 9.78 Å². The maximum Gasteiger partial charge on any atom is 0.133 e. The fourth-order valence-corrected chi connectivity index (χ4v) is 3.73. The third-order valence-corrected chi connectivity index (χ3v) is 5.62. The SMILES string of the molecule is O=C1CCC(O)(c2cc(-c3ccc(CO)cc3)n(-c3ccc(CO)cc3)n2)CC1. The highest BCUT2D eigenvalue weighted by atomic mass is 16.3. The zero-order valence-electron chi connectivity index (χ0n) is 16.1. The van der Waals surface area contributed by atoms with Gasteiger partial charge in [-0.2, -0.15) is 5.10 Å². The molecule has 29 heavy (non-hydrogen) atoms. The van der Waals surface area contributed by atoms with E-state index in [2.05, 4.69) is 0 Å². The predicted octanol–water partition coefficient (Wildman–Crippen LogP) is 2.85. The molecule has 0 atom stereocenters. The van der Waals surface area contributed by atoms with Crippen molar-refractivity contribution in [2.24, 2.45) is 0 Å². The van der Waals surface area contributed by atoms with Crippen molar-refractivity contribution in [1.29, 1.82) is 0 Å². The Hall–Kier alpha value is -2.80. The van der Waals surface area contributed by atoms with Crippen molar-refractivity contribution in [2.75, 3.05) is 0 Å². The first-order valence-corrected chi connectivity index (χ1v) is 9.77. The molecule has 3 N–H and O–H groups in total. The highest BCUT2D eigenvalue weighted by Gasteiger charge is 2.37. The second kappa shape index (κ2) is 7.91. The molecule has 1 aliphatic carbocycles. The number of benzene rings is 2. The van der Waals surface area contributed by atoms with Crippen LogP contribution >= 0.6 is 0 Å². The summed E-state index contributed by atoms with van der Waals surface area (Å²) in [5, 5.41) is 34.5. The van der Waals surface area contributed by atoms with Crippen molar-refractivity contribution >= 4 is 5.78 Å². The Balaban J connectivity index is 1.80. The number of hydrogen-bond donors (Lipinski definition) is 3. The smallest absolute Gasteiger partial charge is 0.133 e. The molecule has 150 valence electrons. The van der Waals surface area contributed by atoms with Crippen molar-refractivity contribution < 1.29 is 20.1 Å². The topological polar surface area (TPSA) is 95.6 Å². The molecule has 2 aromatic carbocycles. The van der Waals surface area contributed by atoms with Gasteiger partial charge >= 0.3 is 0 Å². The summed E-state index contributed by atoms with van der Waals surface area (Å²) in [4.78, 5) is 11.6. The van der Waals surface area contributed by atoms with Gasteiger partial charge in [-0.1, -0.05) is 36.4 Å². The molecule has 1 aliphatic rings. The van der Waals surface area contributed by atoms with Gasteiger partial charge in [0, 0.05) is 18.4 Å². The lowest BCUT2D eigenvalue weighted by Gasteiger charge is -2.29. The number of aromatic nitrogens is 2. The van der Waals surface area contributed by atoms with Gasteiger partial charge in [-0.05, 0) is 42.2 Å². The molecular formula is C23H24N2O4. The molecule has 0 aliphatic heterocycles. The summed E-state index contributed by atoms with van der Waals surface area (Å²) in [6.45, 7) is -0.0604. The lowest BCUT2D eigenvalue weighted by atomic mass is 9.82. The Morgan fingerprint density at radius 3 is 2.00 bits per heavy atom. The van der Waals surface area contributed by atoms with E-state index in [4.69, 9.17) is 5.10 Å². The number of nitrogens with zero attached hydrogens (tertiary/aromatic N) is 2. The number of aliphatic hydroxyl groups is 3. The van der Waals surface area contributed by atoms with Crippen LogP contribution in [-0.4, -0.2) is 30.9 Å². The standard InChI is InChI=1S/C23H24N2O4/c26-14-16-1-5-18(6-2-16)21-13-22(23(29)11-9-20(28)10-12-23)24-25(21)19-7-3-17(15-27)4-8-19/h1-8,13,26-27,29H,9-12,14-15H2. The first kappa shape index (κ1) is 19.5. The van der Waals surface area contributed by atoms with Crippen LogP contribution < -0.4 is 0 Å². The molecule has 1 aromatic heterocycles. The Morgan fingerprint density at radius 2 is 1.45 bits per heavy atom. The second-order valence-corrected chi connectivity index (χ2v) is 7.58. The molecule has 3 aromatic rings. The average Bonchev–Trinajstić information content (AvgIpc) is 3.22. The third kappa shape index (κ3) is 3.87. The van der Waals surface area contributed by atoms with E-state index in [9.17, 15) is 20.1 Å². The van der Waals surface area contributed by atoms with Crippen LogP contribution in [0.4, 0.5) is 0 Å². The Bertz CT molecular complexity index is 931. The van der Waals surface area contributed by atoms with Gasteiger partial charge in [0.25, 0.3) is 0 Å². The van der Waals surface area contributed by atoms with Crippen molar-refractivity contribution in [3.63, 3.8) is 0 Å². The molecule has 6 heteroatoms. The van der Waals surface area contributed by atoms with E-state index in [1.54, 1.807) is 4.68 Å². The van der Waals surface area contributed by atoms with Crippen LogP contribution in [0.1, 0.15) is 42.5 Å². The lowest BCUT2D eigenvalue weighted by Crippen LogP contribution is -2.32. The molecule has 1 heterocycles. The predicted molar refractivity (Wildman–Crippen MR) is 108 cm³/mol. The van der Waals surface area contributed by atoms with Gasteiger partial charge in [0.2, 0.25) is 0 Å². The largest absolute Gasteiger partial charge is 0.392 e. The summed E-state index contributed by atoms with van der Waals surface area (Å²) in [5.41, 5.74) is 3.58. The van der Waals surface area contributed by atoms with Crippen LogP contribution in [0.25, 0.3) is 16.9 Å². The molecule has 1 saturated carbocycles. The highest BCUT2D eigenvalue weighted by molar-refractivity contribution is 5.79. The molecule has 4 rings (SSSR count). The Labute approximate surface area is 169 Å². The van der Waals surface area contributed by atoms with Gasteiger partial charge < -0.3 is 15.3 Å². The average molecular weight is 392 g/mol. The number of carbonyl (C=O) groups is 1. The van der Waals surface area contributed by atoms with Crippen LogP contribution in [0, 0.1) is 0 Å². The third-order valence-electron chi connectivity index (χ3n) is 5.62. The highest BCUT2D eigenvalue weighted by Crippen LogP contribution is 2.37. The van der Waals surface area contributed by atoms with Gasteiger partial charge in [0.15, 0.2) is 0 Å². The fraction of sp³-hybridized carbons (Fsp3) is 0.304. The van der Waals surface area contributed by atoms with Gasteiger partial charge in [0.1, 0.15) is 11.4 Å². The van der Waals surface area contributed by atoms with Crippen LogP contribution in [0.5, 0.6) is 0 Å². The minimum absolute atomic E-state index is 0.0266. The van der Waals surface area contributed by atoms with Crippen molar-refractivity contribution in [3.8, 4) is 16.9 Å². The Morgan fingerprint density at radius 1 is 0.897 bits per heavy atom. The van der Waals surface area contributed by atoms with E-state index in [0.29, 0.717) is 31.4 Å². The zero-order valence-corrected chi connectivity index (χ0v) is 16.1. The fourth-order valence-electron chi connectivity index (χ4n) is 3.73. The number of rotatable bonds is 5. The summed E-state index contributed by atoms with van der Waals surface area (Å²) in [5.74, 6) is 0.175. The van der Waals surface area contributed by atoms with E-state index in [0.717, 1.165) is 28.1 Å². The van der Waals surface area contributed by atoms with Crippen LogP contribution in [0.3, 0.4) is 0 Å². The van der Waals surface area contributed by atoms with Crippen LogP contribution in [0.15, 0.2) is 54.6 Å². The molecule has 0 saturated heterocycles. The normalized spacial score (nSPS) is 16.2. The molecule has 0 unspecified atom stereocenters. The van der Waals surface area contributed by atoms with E-state index in [1.165, 1.54) is 0 Å². The molecule has 0 bridgehead atoms. The summed E-state index contributed by atoms with van der Waals surface area (Å²) in [6, 6.07) is 16.9. The summed E-state index contributed by atoms with van der Waals surface area (Å²) >= 11 is 0. The van der Waals surface area contributed by atoms with Crippen LogP contribution in [-0.2, 0) is 23.6 Å². The van der Waals surface area contributed by atoms with Gasteiger partial charge in [-0.15, -0.1) is 0 Å². The number of carbonyl (C=O) groups excluding carboxylic acids is 1. The maximum absolute atomic E-state index is 11.6. The molecule has 0 spiro atoms. The van der Waals surface area contributed by atoms with Crippen molar-refractivity contribution in [2.45, 2.75) is 44.5 Å². The van der Waals surface area contributed by atoms with Crippen LogP contribution in [0.2, 0.25) is 0 Å². The summed E-state index contributed by atoms with van der Waals surface area (Å²) in [7, 11) is 0. The summed E-state index contributed by atoms with van der Waals surface area (Å²) < 4.78 is 1.78. The molecule has 0 amide bonds. The van der Waals surface area contributed by atoms with Gasteiger partial charge in [-0.25, -0.2) is 4.68 Å². The minimum atomic E-state index is -1.12. The minimum Gasteiger partial charge on any atom is -0.392 e. The van der Waals surface area contributed by atoms with Gasteiger partial charge in [0.05, 0.1) is 30.3 Å². The number of Topliss-reactive ketones (excluding diaryl/α,β-unsaturated/α-hetero) is 1. The molecular weight excluding hydrogens is 368 g/mol. The lowest BCUT2D eigenvalue weighted by molar-refractivity contribution is -0.125. The summed E-state index contributed by atoms with van der Waals surface area (Å²) in [6.07, 6.45) is 1.45. The number of ketones is 1. The molecule has 0 radical (unpaired) electrons.